The highest BCUT2D eigenvalue weighted by Gasteiger charge is 2.13. The van der Waals surface area contributed by atoms with E-state index in [2.05, 4.69) is 29.8 Å². The largest absolute Gasteiger partial charge is 0.491 e. The number of imidazole rings is 1. The van der Waals surface area contributed by atoms with Crippen LogP contribution in [0.25, 0.3) is 11.0 Å². The third kappa shape index (κ3) is 4.72. The van der Waals surface area contributed by atoms with E-state index in [0.29, 0.717) is 30.3 Å². The van der Waals surface area contributed by atoms with Crippen LogP contribution < -0.4 is 10.1 Å². The van der Waals surface area contributed by atoms with E-state index >= 15 is 0 Å². The van der Waals surface area contributed by atoms with Gasteiger partial charge in [0.2, 0.25) is 0 Å². The Balaban J connectivity index is 1.50. The molecule has 0 atom stereocenters. The Hall–Kier alpha value is -3.31. The standard InChI is InChI=1S/C25H24ClN3O2/c1-17-7-5-12-23(18(17)2)31-14-13-29-22-11-4-3-10-21(22)28-24(29)16-27-25(30)19-8-6-9-20(26)15-19/h3-12,15H,13-14,16H2,1-2H3,(H,27,30). The fraction of sp³-hybridized carbons (Fsp3) is 0.200. The molecular weight excluding hydrogens is 410 g/mol. The van der Waals surface area contributed by atoms with Crippen LogP contribution in [0.5, 0.6) is 5.75 Å². The van der Waals surface area contributed by atoms with E-state index in [1.54, 1.807) is 24.3 Å². The zero-order chi connectivity index (χ0) is 21.8. The Kier molecular flexibility index (Phi) is 6.23. The Morgan fingerprint density at radius 2 is 1.87 bits per heavy atom. The number of aromatic nitrogens is 2. The number of hydrogen-bond acceptors (Lipinski definition) is 3. The van der Waals surface area contributed by atoms with Crippen molar-refractivity contribution in [3.8, 4) is 5.75 Å². The summed E-state index contributed by atoms with van der Waals surface area (Å²) in [5.41, 5.74) is 4.77. The molecule has 5 nitrogen and oxygen atoms in total. The van der Waals surface area contributed by atoms with Crippen molar-refractivity contribution in [1.82, 2.24) is 14.9 Å². The van der Waals surface area contributed by atoms with Gasteiger partial charge in [-0.3, -0.25) is 4.79 Å². The van der Waals surface area contributed by atoms with Crippen LogP contribution >= 0.6 is 11.6 Å². The predicted octanol–water partition coefficient (Wildman–Crippen LogP) is 5.32. The second kappa shape index (κ2) is 9.23. The van der Waals surface area contributed by atoms with Gasteiger partial charge in [0.05, 0.1) is 24.1 Å². The maximum atomic E-state index is 12.5. The first-order valence-corrected chi connectivity index (χ1v) is 10.6. The maximum absolute atomic E-state index is 12.5. The Morgan fingerprint density at radius 3 is 2.71 bits per heavy atom. The summed E-state index contributed by atoms with van der Waals surface area (Å²) >= 11 is 6.00. The molecule has 158 valence electrons. The van der Waals surface area contributed by atoms with Gasteiger partial charge in [0.1, 0.15) is 18.2 Å². The molecule has 0 fully saturated rings. The number of ether oxygens (including phenoxy) is 1. The summed E-state index contributed by atoms with van der Waals surface area (Å²) in [6.07, 6.45) is 0. The highest BCUT2D eigenvalue weighted by Crippen LogP contribution is 2.21. The molecule has 0 radical (unpaired) electrons. The number of halogens is 1. The normalized spacial score (nSPS) is 10.9. The summed E-state index contributed by atoms with van der Waals surface area (Å²) in [4.78, 5) is 17.3. The van der Waals surface area contributed by atoms with Gasteiger partial charge < -0.3 is 14.6 Å². The molecule has 1 amide bonds. The predicted molar refractivity (Wildman–Crippen MR) is 124 cm³/mol. The van der Waals surface area contributed by atoms with Crippen LogP contribution in [0.3, 0.4) is 0 Å². The second-order valence-electron chi connectivity index (χ2n) is 7.41. The number of carbonyl (C=O) groups excluding carboxylic acids is 1. The first-order chi connectivity index (χ1) is 15.0. The van der Waals surface area contributed by atoms with E-state index in [9.17, 15) is 4.79 Å². The van der Waals surface area contributed by atoms with Crippen LogP contribution in [0.1, 0.15) is 27.3 Å². The number of amides is 1. The number of para-hydroxylation sites is 2. The Morgan fingerprint density at radius 1 is 1.06 bits per heavy atom. The molecule has 0 aliphatic rings. The van der Waals surface area contributed by atoms with Gasteiger partial charge in [0, 0.05) is 10.6 Å². The molecule has 4 aromatic rings. The van der Waals surface area contributed by atoms with Crippen LogP contribution in [-0.2, 0) is 13.1 Å². The lowest BCUT2D eigenvalue weighted by atomic mass is 10.1. The molecule has 0 bridgehead atoms. The summed E-state index contributed by atoms with van der Waals surface area (Å²) in [6, 6.07) is 20.9. The molecule has 6 heteroatoms. The summed E-state index contributed by atoms with van der Waals surface area (Å²) in [7, 11) is 0. The fourth-order valence-electron chi connectivity index (χ4n) is 3.53. The molecule has 0 aliphatic carbocycles. The average Bonchev–Trinajstić information content (AvgIpc) is 3.12. The molecule has 0 saturated carbocycles. The molecule has 1 N–H and O–H groups in total. The highest BCUT2D eigenvalue weighted by atomic mass is 35.5. The molecule has 0 unspecified atom stereocenters. The fourth-order valence-corrected chi connectivity index (χ4v) is 3.72. The number of fused-ring (bicyclic) bond motifs is 1. The number of hydrogen-bond donors (Lipinski definition) is 1. The number of benzene rings is 3. The lowest BCUT2D eigenvalue weighted by molar-refractivity contribution is 0.0949. The zero-order valence-corrected chi connectivity index (χ0v) is 18.3. The molecular formula is C25H24ClN3O2. The van der Waals surface area contributed by atoms with Crippen LogP contribution in [-0.4, -0.2) is 22.1 Å². The van der Waals surface area contributed by atoms with E-state index < -0.39 is 0 Å². The Labute approximate surface area is 186 Å². The Bertz CT molecular complexity index is 1230. The van der Waals surface area contributed by atoms with Gasteiger partial charge in [-0.2, -0.15) is 0 Å². The van der Waals surface area contributed by atoms with Crippen molar-refractivity contribution in [2.75, 3.05) is 6.61 Å². The van der Waals surface area contributed by atoms with Crippen molar-refractivity contribution in [3.05, 3.63) is 94.3 Å². The molecule has 1 heterocycles. The summed E-state index contributed by atoms with van der Waals surface area (Å²) < 4.78 is 8.15. The molecule has 0 saturated heterocycles. The van der Waals surface area contributed by atoms with Crippen LogP contribution in [0.4, 0.5) is 0 Å². The van der Waals surface area contributed by atoms with Gasteiger partial charge in [-0.05, 0) is 61.4 Å². The van der Waals surface area contributed by atoms with E-state index in [1.165, 1.54) is 5.56 Å². The first kappa shape index (κ1) is 20.9. The molecule has 0 aliphatic heterocycles. The maximum Gasteiger partial charge on any atom is 0.251 e. The van der Waals surface area contributed by atoms with Crippen molar-refractivity contribution >= 4 is 28.5 Å². The van der Waals surface area contributed by atoms with Crippen LogP contribution in [0.15, 0.2) is 66.7 Å². The molecule has 1 aromatic heterocycles. The summed E-state index contributed by atoms with van der Waals surface area (Å²) in [5.74, 6) is 1.48. The molecule has 0 spiro atoms. The average molecular weight is 434 g/mol. The highest BCUT2D eigenvalue weighted by molar-refractivity contribution is 6.30. The SMILES string of the molecule is Cc1cccc(OCCn2c(CNC(=O)c3cccc(Cl)c3)nc3ccccc32)c1C. The van der Waals surface area contributed by atoms with Crippen molar-refractivity contribution in [1.29, 1.82) is 0 Å². The topological polar surface area (TPSA) is 56.1 Å². The van der Waals surface area contributed by atoms with Gasteiger partial charge in [0.25, 0.3) is 5.91 Å². The van der Waals surface area contributed by atoms with Gasteiger partial charge in [-0.1, -0.05) is 41.9 Å². The van der Waals surface area contributed by atoms with Crippen molar-refractivity contribution < 1.29 is 9.53 Å². The number of aryl methyl sites for hydroxylation is 1. The minimum atomic E-state index is -0.187. The summed E-state index contributed by atoms with van der Waals surface area (Å²) in [6.45, 7) is 5.57. The van der Waals surface area contributed by atoms with Gasteiger partial charge in [0.15, 0.2) is 0 Å². The molecule has 3 aromatic carbocycles. The third-order valence-electron chi connectivity index (χ3n) is 5.35. The first-order valence-electron chi connectivity index (χ1n) is 10.2. The van der Waals surface area contributed by atoms with Gasteiger partial charge in [-0.25, -0.2) is 4.98 Å². The smallest absolute Gasteiger partial charge is 0.251 e. The van der Waals surface area contributed by atoms with Crippen LogP contribution in [0, 0.1) is 13.8 Å². The second-order valence-corrected chi connectivity index (χ2v) is 7.84. The van der Waals surface area contributed by atoms with E-state index in [1.807, 2.05) is 36.4 Å². The summed E-state index contributed by atoms with van der Waals surface area (Å²) in [5, 5.41) is 3.48. The third-order valence-corrected chi connectivity index (χ3v) is 5.59. The van der Waals surface area contributed by atoms with Gasteiger partial charge in [-0.15, -0.1) is 0 Å². The monoisotopic (exact) mass is 433 g/mol. The molecule has 4 rings (SSSR count). The minimum absolute atomic E-state index is 0.187. The van der Waals surface area contributed by atoms with Crippen molar-refractivity contribution in [2.24, 2.45) is 0 Å². The van der Waals surface area contributed by atoms with Crippen LogP contribution in [0.2, 0.25) is 5.02 Å². The number of nitrogens with zero attached hydrogens (tertiary/aromatic N) is 2. The lowest BCUT2D eigenvalue weighted by Crippen LogP contribution is -2.25. The van der Waals surface area contributed by atoms with E-state index in [0.717, 1.165) is 28.2 Å². The number of carbonyl (C=O) groups is 1. The zero-order valence-electron chi connectivity index (χ0n) is 17.6. The van der Waals surface area contributed by atoms with E-state index in [-0.39, 0.29) is 5.91 Å². The van der Waals surface area contributed by atoms with E-state index in [4.69, 9.17) is 21.3 Å². The molecule has 31 heavy (non-hydrogen) atoms. The minimum Gasteiger partial charge on any atom is -0.491 e. The number of nitrogens with one attached hydrogen (secondary N) is 1. The van der Waals surface area contributed by atoms with Crippen molar-refractivity contribution in [3.63, 3.8) is 0 Å². The van der Waals surface area contributed by atoms with Gasteiger partial charge >= 0.3 is 0 Å². The lowest BCUT2D eigenvalue weighted by Gasteiger charge is -2.13. The quantitative estimate of drug-likeness (QED) is 0.429. The van der Waals surface area contributed by atoms with Crippen molar-refractivity contribution in [2.45, 2.75) is 26.9 Å². The number of rotatable bonds is 7.